The van der Waals surface area contributed by atoms with Gasteiger partial charge >= 0.3 is 15.4 Å². The van der Waals surface area contributed by atoms with Crippen LogP contribution in [-0.4, -0.2) is 42.1 Å². The molecule has 2 N–H and O–H groups in total. The van der Waals surface area contributed by atoms with E-state index in [1.165, 1.54) is 0 Å². The lowest BCUT2D eigenvalue weighted by molar-refractivity contribution is -0.109. The number of halogens is 2. The fraction of sp³-hybridized carbons (Fsp3) is 1.00. The van der Waals surface area contributed by atoms with Crippen molar-refractivity contribution < 1.29 is 31.6 Å². The highest BCUT2D eigenvalue weighted by atomic mass is 32.2. The van der Waals surface area contributed by atoms with Gasteiger partial charge in [0.15, 0.2) is 0 Å². The molecule has 0 aromatic carbocycles. The van der Waals surface area contributed by atoms with E-state index in [0.29, 0.717) is 24.2 Å². The molecule has 6 unspecified atom stereocenters. The van der Waals surface area contributed by atoms with Crippen LogP contribution in [0.1, 0.15) is 46.0 Å². The molecular formula is C16H26F2O5S. The summed E-state index contributed by atoms with van der Waals surface area (Å²) < 4.78 is 60.9. The van der Waals surface area contributed by atoms with Gasteiger partial charge in [0, 0.05) is 6.61 Å². The highest BCUT2D eigenvalue weighted by Crippen LogP contribution is 2.69. The second kappa shape index (κ2) is 5.59. The molecular weight excluding hydrogens is 342 g/mol. The summed E-state index contributed by atoms with van der Waals surface area (Å²) >= 11 is 0. The van der Waals surface area contributed by atoms with Crippen molar-refractivity contribution >= 4 is 10.1 Å². The number of hydrogen-bond donors (Lipinski definition) is 2. The first-order valence-corrected chi connectivity index (χ1v) is 9.98. The van der Waals surface area contributed by atoms with Gasteiger partial charge in [0.05, 0.1) is 5.60 Å². The molecule has 140 valence electrons. The van der Waals surface area contributed by atoms with Gasteiger partial charge in [-0.2, -0.15) is 17.2 Å². The molecule has 3 saturated carbocycles. The van der Waals surface area contributed by atoms with Crippen molar-refractivity contribution in [2.24, 2.45) is 29.1 Å². The Hall–Kier alpha value is -0.310. The zero-order chi connectivity index (χ0) is 18.0. The van der Waals surface area contributed by atoms with Crippen molar-refractivity contribution in [3.63, 3.8) is 0 Å². The molecule has 6 atom stereocenters. The van der Waals surface area contributed by atoms with Gasteiger partial charge in [0.25, 0.3) is 0 Å². The van der Waals surface area contributed by atoms with E-state index in [-0.39, 0.29) is 17.9 Å². The molecule has 3 aliphatic carbocycles. The third-order valence-corrected chi connectivity index (χ3v) is 7.95. The van der Waals surface area contributed by atoms with Crippen LogP contribution in [-0.2, 0) is 14.9 Å². The summed E-state index contributed by atoms with van der Waals surface area (Å²) in [6, 6.07) is 0. The minimum absolute atomic E-state index is 0.00665. The van der Waals surface area contributed by atoms with Gasteiger partial charge in [0.1, 0.15) is 6.61 Å². The largest absolute Gasteiger partial charge is 0.392 e. The van der Waals surface area contributed by atoms with Crippen LogP contribution in [0.5, 0.6) is 0 Å². The molecule has 0 heterocycles. The summed E-state index contributed by atoms with van der Waals surface area (Å²) in [7, 11) is -5.44. The van der Waals surface area contributed by atoms with Crippen LogP contribution in [0.4, 0.5) is 8.78 Å². The van der Waals surface area contributed by atoms with Crippen molar-refractivity contribution in [2.45, 2.75) is 56.8 Å². The summed E-state index contributed by atoms with van der Waals surface area (Å²) in [6.45, 7) is 2.66. The number of fused-ring (bicyclic) bond motifs is 1. The predicted octanol–water partition coefficient (Wildman–Crippen LogP) is 2.70. The normalized spacial score (nSPS) is 44.9. The van der Waals surface area contributed by atoms with Crippen LogP contribution < -0.4 is 0 Å². The van der Waals surface area contributed by atoms with E-state index in [4.69, 9.17) is 9.29 Å². The molecule has 3 rings (SSSR count). The van der Waals surface area contributed by atoms with Crippen LogP contribution in [0.2, 0.25) is 0 Å². The van der Waals surface area contributed by atoms with Crippen LogP contribution in [0.15, 0.2) is 0 Å². The summed E-state index contributed by atoms with van der Waals surface area (Å²) in [5.74, 6) is 1.54. The Kier molecular flexibility index (Phi) is 4.31. The molecule has 0 aromatic heterocycles. The minimum atomic E-state index is -5.44. The van der Waals surface area contributed by atoms with E-state index in [0.717, 1.165) is 25.7 Å². The Morgan fingerprint density at radius 3 is 2.58 bits per heavy atom. The lowest BCUT2D eigenvalue weighted by atomic mass is 9.50. The van der Waals surface area contributed by atoms with Crippen molar-refractivity contribution in [1.29, 1.82) is 0 Å². The monoisotopic (exact) mass is 368 g/mol. The highest BCUT2D eigenvalue weighted by Gasteiger charge is 2.63. The third kappa shape index (κ3) is 2.79. The summed E-state index contributed by atoms with van der Waals surface area (Å²) in [4.78, 5) is 0. The van der Waals surface area contributed by atoms with E-state index < -0.39 is 27.6 Å². The van der Waals surface area contributed by atoms with E-state index in [1.54, 1.807) is 0 Å². The average Bonchev–Trinajstić information content (AvgIpc) is 2.77. The smallest absolute Gasteiger partial charge is 0.390 e. The van der Waals surface area contributed by atoms with Gasteiger partial charge in [0.2, 0.25) is 0 Å². The second-order valence-corrected chi connectivity index (χ2v) is 9.89. The number of hydrogen-bond acceptors (Lipinski definition) is 4. The van der Waals surface area contributed by atoms with E-state index >= 15 is 0 Å². The molecule has 0 radical (unpaired) electrons. The Morgan fingerprint density at radius 1 is 1.29 bits per heavy atom. The molecule has 2 bridgehead atoms. The Morgan fingerprint density at radius 2 is 1.96 bits per heavy atom. The number of rotatable bonds is 6. The molecule has 0 aromatic rings. The van der Waals surface area contributed by atoms with Gasteiger partial charge in [-0.25, -0.2) is 0 Å². The van der Waals surface area contributed by atoms with Crippen molar-refractivity contribution in [2.75, 3.05) is 13.2 Å². The van der Waals surface area contributed by atoms with Crippen LogP contribution in [0.3, 0.4) is 0 Å². The van der Waals surface area contributed by atoms with Gasteiger partial charge in [-0.05, 0) is 68.1 Å². The van der Waals surface area contributed by atoms with Gasteiger partial charge in [-0.15, -0.1) is 0 Å². The molecule has 3 aliphatic rings. The molecule has 3 fully saturated rings. The number of aliphatic hydroxyl groups is 1. The van der Waals surface area contributed by atoms with Gasteiger partial charge in [-0.1, -0.05) is 6.92 Å². The predicted molar refractivity (Wildman–Crippen MR) is 83.1 cm³/mol. The lowest BCUT2D eigenvalue weighted by Gasteiger charge is -2.55. The zero-order valence-electron chi connectivity index (χ0n) is 14.0. The maximum absolute atomic E-state index is 13.2. The Labute approximate surface area is 141 Å². The topological polar surface area (TPSA) is 83.8 Å². The molecule has 0 saturated heterocycles. The SMILES string of the molecule is CC1CC2(CCOCC(F)(F)S(=O)(=O)O)CC3CC(CC32)C1(C)O. The first-order chi connectivity index (χ1) is 10.9. The van der Waals surface area contributed by atoms with E-state index in [1.807, 2.05) is 13.8 Å². The van der Waals surface area contributed by atoms with Crippen LogP contribution >= 0.6 is 0 Å². The molecule has 0 aliphatic heterocycles. The number of alkyl halides is 2. The van der Waals surface area contributed by atoms with Gasteiger partial charge < -0.3 is 9.84 Å². The highest BCUT2D eigenvalue weighted by molar-refractivity contribution is 7.86. The van der Waals surface area contributed by atoms with Gasteiger partial charge in [-0.3, -0.25) is 4.55 Å². The molecule has 24 heavy (non-hydrogen) atoms. The molecule has 0 spiro atoms. The fourth-order valence-electron chi connectivity index (χ4n) is 5.47. The quantitative estimate of drug-likeness (QED) is 0.556. The summed E-state index contributed by atoms with van der Waals surface area (Å²) in [5, 5.41) is 6.53. The standard InChI is InChI=1S/C16H26F2O5S/c1-10-7-15(3-4-23-9-16(17,18)24(20,21)22)8-11-5-12(6-13(11)15)14(10,2)19/h10-13,19H,3-9H2,1-2H3,(H,20,21,22). The van der Waals surface area contributed by atoms with Crippen LogP contribution in [0.25, 0.3) is 0 Å². The Balaban J connectivity index is 1.60. The second-order valence-electron chi connectivity index (χ2n) is 8.35. The zero-order valence-corrected chi connectivity index (χ0v) is 14.9. The van der Waals surface area contributed by atoms with Crippen molar-refractivity contribution in [1.82, 2.24) is 0 Å². The van der Waals surface area contributed by atoms with Crippen molar-refractivity contribution in [3.05, 3.63) is 0 Å². The summed E-state index contributed by atoms with van der Waals surface area (Å²) in [5.41, 5.74) is -0.680. The number of ether oxygens (including phenoxy) is 1. The molecule has 0 amide bonds. The first-order valence-electron chi connectivity index (χ1n) is 8.54. The van der Waals surface area contributed by atoms with E-state index in [2.05, 4.69) is 0 Å². The first kappa shape index (κ1) is 18.5. The molecule has 8 heteroatoms. The average molecular weight is 368 g/mol. The maximum atomic E-state index is 13.2. The van der Waals surface area contributed by atoms with E-state index in [9.17, 15) is 22.3 Å². The Bertz CT molecular complexity index is 606. The summed E-state index contributed by atoms with van der Waals surface area (Å²) in [6.07, 6.45) is 4.47. The third-order valence-electron chi connectivity index (χ3n) is 7.08. The fourth-order valence-corrected chi connectivity index (χ4v) is 5.71. The van der Waals surface area contributed by atoms with Crippen molar-refractivity contribution in [3.8, 4) is 0 Å². The lowest BCUT2D eigenvalue weighted by Crippen LogP contribution is -2.50. The molecule has 5 nitrogen and oxygen atoms in total. The van der Waals surface area contributed by atoms with Crippen LogP contribution in [0, 0.1) is 29.1 Å². The minimum Gasteiger partial charge on any atom is -0.390 e. The maximum Gasteiger partial charge on any atom is 0.392 e.